The van der Waals surface area contributed by atoms with Crippen LogP contribution in [0.2, 0.25) is 0 Å². The van der Waals surface area contributed by atoms with Gasteiger partial charge in [0.2, 0.25) is 5.82 Å². The van der Waals surface area contributed by atoms with Crippen LogP contribution in [0.3, 0.4) is 0 Å². The summed E-state index contributed by atoms with van der Waals surface area (Å²) in [6.07, 6.45) is 4.88. The number of benzene rings is 1. The maximum Gasteiger partial charge on any atom is 0.376 e. The van der Waals surface area contributed by atoms with Crippen LogP contribution in [0.15, 0.2) is 24.5 Å². The molecule has 0 bridgehead atoms. The van der Waals surface area contributed by atoms with Gasteiger partial charge in [-0.2, -0.15) is 9.97 Å². The molecule has 0 unspecified atom stereocenters. The predicted molar refractivity (Wildman–Crippen MR) is 131 cm³/mol. The topological polar surface area (TPSA) is 144 Å². The number of nitrogens with zero attached hydrogens (tertiary/aromatic N) is 5. The van der Waals surface area contributed by atoms with E-state index in [4.69, 9.17) is 20.2 Å². The molecule has 4 N–H and O–H groups in total. The summed E-state index contributed by atoms with van der Waals surface area (Å²) in [4.78, 5) is 34.6. The molecule has 6 rings (SSSR count). The van der Waals surface area contributed by atoms with E-state index in [9.17, 15) is 9.18 Å². The number of halogens is 1. The molecule has 186 valence electrons. The van der Waals surface area contributed by atoms with E-state index in [1.165, 1.54) is 24.5 Å². The van der Waals surface area contributed by atoms with E-state index in [0.717, 1.165) is 19.4 Å². The molecule has 36 heavy (non-hydrogen) atoms. The number of fused-ring (bicyclic) bond motifs is 3. The van der Waals surface area contributed by atoms with E-state index in [-0.39, 0.29) is 41.5 Å². The molecular formula is C24H25FN8O3. The van der Waals surface area contributed by atoms with E-state index in [2.05, 4.69) is 30.2 Å². The summed E-state index contributed by atoms with van der Waals surface area (Å²) >= 11 is 0. The molecule has 4 aromatic rings. The van der Waals surface area contributed by atoms with Gasteiger partial charge in [0.25, 0.3) is 0 Å². The number of nitrogens with one attached hydrogen (secondary N) is 2. The number of aromatic nitrogens is 5. The smallest absolute Gasteiger partial charge is 0.376 e. The van der Waals surface area contributed by atoms with Crippen molar-refractivity contribution in [3.63, 3.8) is 0 Å². The zero-order valence-electron chi connectivity index (χ0n) is 19.8. The highest BCUT2D eigenvalue weighted by molar-refractivity contribution is 6.14. The first-order valence-electron chi connectivity index (χ1n) is 11.8. The third-order valence-electron chi connectivity index (χ3n) is 6.95. The van der Waals surface area contributed by atoms with Crippen molar-refractivity contribution in [2.24, 2.45) is 11.1 Å². The number of ether oxygens (including phenoxy) is 2. The minimum Gasteiger partial charge on any atom is -0.460 e. The minimum atomic E-state index is -0.617. The van der Waals surface area contributed by atoms with Gasteiger partial charge in [0, 0.05) is 37.0 Å². The van der Waals surface area contributed by atoms with Crippen LogP contribution in [0.4, 0.5) is 15.9 Å². The molecule has 0 amide bonds. The molecule has 1 aliphatic carbocycles. The molecule has 11 nitrogen and oxygen atoms in total. The van der Waals surface area contributed by atoms with E-state index in [1.807, 2.05) is 0 Å². The number of carbonyl (C=O) groups is 1. The molecule has 2 fully saturated rings. The molecule has 2 aliphatic rings. The largest absolute Gasteiger partial charge is 0.460 e. The van der Waals surface area contributed by atoms with Crippen LogP contribution in [-0.2, 0) is 4.74 Å². The van der Waals surface area contributed by atoms with Gasteiger partial charge in [-0.15, -0.1) is 0 Å². The molecule has 1 saturated heterocycles. The maximum atomic E-state index is 14.5. The summed E-state index contributed by atoms with van der Waals surface area (Å²) in [7, 11) is 1.73. The van der Waals surface area contributed by atoms with Crippen LogP contribution in [0.5, 0.6) is 11.8 Å². The lowest BCUT2D eigenvalue weighted by atomic mass is 10.0. The van der Waals surface area contributed by atoms with E-state index >= 15 is 0 Å². The summed E-state index contributed by atoms with van der Waals surface area (Å²) in [5.74, 6) is -0.177. The standard InChI is InChI=1S/C24H25FN8O3/c1-3-35-22(34)20-28-8-13(9-29-20)36-23-31-19-17(14-6-12(25)7-15(27-2)18(14)30-19)21(32-23)33-10-16(26)24(11-33)4-5-24/h6-9,16,27H,3-5,10-11,26H2,1-2H3,(H,30,31,32)/t16-/m0/s1. The number of nitrogens with two attached hydrogens (primary N) is 1. The summed E-state index contributed by atoms with van der Waals surface area (Å²) in [6, 6.07) is 3.00. The Bertz CT molecular complexity index is 1480. The van der Waals surface area contributed by atoms with Crippen molar-refractivity contribution in [1.29, 1.82) is 0 Å². The zero-order valence-corrected chi connectivity index (χ0v) is 19.8. The van der Waals surface area contributed by atoms with Crippen LogP contribution in [0.1, 0.15) is 30.4 Å². The first kappa shape index (κ1) is 22.4. The Labute approximate surface area is 205 Å². The van der Waals surface area contributed by atoms with Crippen LogP contribution in [0.25, 0.3) is 21.9 Å². The highest BCUT2D eigenvalue weighted by Crippen LogP contribution is 2.53. The lowest BCUT2D eigenvalue weighted by Gasteiger charge is -2.19. The normalized spacial score (nSPS) is 18.2. The molecule has 1 spiro atoms. The lowest BCUT2D eigenvalue weighted by Crippen LogP contribution is -2.30. The molecule has 4 heterocycles. The van der Waals surface area contributed by atoms with Crippen molar-refractivity contribution in [2.45, 2.75) is 25.8 Å². The third kappa shape index (κ3) is 3.65. The second-order valence-electron chi connectivity index (χ2n) is 9.22. The Balaban J connectivity index is 1.44. The zero-order chi connectivity index (χ0) is 25.0. The number of H-pyrrole nitrogens is 1. The van der Waals surface area contributed by atoms with Crippen molar-refractivity contribution in [3.8, 4) is 11.8 Å². The first-order chi connectivity index (χ1) is 17.4. The number of anilines is 2. The van der Waals surface area contributed by atoms with Crippen molar-refractivity contribution < 1.29 is 18.7 Å². The number of carbonyl (C=O) groups excluding carboxylic acids is 1. The molecule has 1 saturated carbocycles. The van der Waals surface area contributed by atoms with Gasteiger partial charge in [-0.05, 0) is 31.9 Å². The van der Waals surface area contributed by atoms with Gasteiger partial charge in [-0.1, -0.05) is 0 Å². The summed E-state index contributed by atoms with van der Waals surface area (Å²) in [6.45, 7) is 3.32. The Morgan fingerprint density at radius 1 is 1.31 bits per heavy atom. The molecule has 1 aromatic carbocycles. The Morgan fingerprint density at radius 3 is 2.75 bits per heavy atom. The fourth-order valence-electron chi connectivity index (χ4n) is 4.92. The molecule has 0 radical (unpaired) electrons. The molecular weight excluding hydrogens is 467 g/mol. The first-order valence-corrected chi connectivity index (χ1v) is 11.8. The molecule has 3 aromatic heterocycles. The van der Waals surface area contributed by atoms with Gasteiger partial charge in [0.15, 0.2) is 5.75 Å². The van der Waals surface area contributed by atoms with E-state index < -0.39 is 5.97 Å². The monoisotopic (exact) mass is 492 g/mol. The SMILES string of the molecule is CCOC(=O)c1ncc(Oc2nc(N3C[C@H](N)C4(CC4)C3)c3c(n2)[nH]c2c(NC)cc(F)cc23)cn1. The van der Waals surface area contributed by atoms with E-state index in [0.29, 0.717) is 40.0 Å². The summed E-state index contributed by atoms with van der Waals surface area (Å²) in [5.41, 5.74) is 8.40. The maximum absolute atomic E-state index is 14.5. The highest BCUT2D eigenvalue weighted by atomic mass is 19.1. The Hall–Kier alpha value is -4.06. The van der Waals surface area contributed by atoms with Crippen LogP contribution in [-0.4, -0.2) is 63.7 Å². The number of hydrogen-bond donors (Lipinski definition) is 3. The average molecular weight is 493 g/mol. The number of esters is 1. The van der Waals surface area contributed by atoms with Gasteiger partial charge >= 0.3 is 12.0 Å². The van der Waals surface area contributed by atoms with Crippen LogP contribution in [0, 0.1) is 11.2 Å². The average Bonchev–Trinajstić information content (AvgIpc) is 3.45. The molecule has 1 atom stereocenters. The van der Waals surface area contributed by atoms with Crippen LogP contribution < -0.4 is 20.7 Å². The second-order valence-corrected chi connectivity index (χ2v) is 9.22. The van der Waals surface area contributed by atoms with Crippen molar-refractivity contribution in [2.75, 3.05) is 37.0 Å². The van der Waals surface area contributed by atoms with Crippen molar-refractivity contribution in [3.05, 3.63) is 36.2 Å². The second kappa shape index (κ2) is 8.26. The summed E-state index contributed by atoms with van der Waals surface area (Å²) < 4.78 is 25.3. The summed E-state index contributed by atoms with van der Waals surface area (Å²) in [5, 5.41) is 4.40. The lowest BCUT2D eigenvalue weighted by molar-refractivity contribution is 0.0512. The van der Waals surface area contributed by atoms with Gasteiger partial charge in [0.1, 0.15) is 17.3 Å². The van der Waals surface area contributed by atoms with E-state index in [1.54, 1.807) is 14.0 Å². The Morgan fingerprint density at radius 2 is 2.08 bits per heavy atom. The number of hydrogen-bond acceptors (Lipinski definition) is 10. The van der Waals surface area contributed by atoms with Crippen molar-refractivity contribution >= 4 is 39.4 Å². The molecule has 1 aliphatic heterocycles. The van der Waals surface area contributed by atoms with Crippen molar-refractivity contribution in [1.82, 2.24) is 24.9 Å². The Kier molecular flexibility index (Phi) is 5.14. The fourth-order valence-corrected chi connectivity index (χ4v) is 4.92. The predicted octanol–water partition coefficient (Wildman–Crippen LogP) is 2.98. The minimum absolute atomic E-state index is 0.0329. The fraction of sp³-hybridized carbons (Fsp3) is 0.375. The third-order valence-corrected chi connectivity index (χ3v) is 6.95. The highest BCUT2D eigenvalue weighted by Gasteiger charge is 2.54. The number of aromatic amines is 1. The van der Waals surface area contributed by atoms with Gasteiger partial charge in [-0.25, -0.2) is 19.2 Å². The molecule has 12 heteroatoms. The van der Waals surface area contributed by atoms with Gasteiger partial charge < -0.3 is 30.4 Å². The quantitative estimate of drug-likeness (QED) is 0.344. The van der Waals surface area contributed by atoms with Gasteiger partial charge in [0.05, 0.1) is 35.6 Å². The number of rotatable bonds is 6. The van der Waals surface area contributed by atoms with Crippen LogP contribution >= 0.6 is 0 Å². The van der Waals surface area contributed by atoms with Gasteiger partial charge in [-0.3, -0.25) is 0 Å².